The Bertz CT molecular complexity index is 456. The fourth-order valence-corrected chi connectivity index (χ4v) is 3.55. The third-order valence-corrected chi connectivity index (χ3v) is 5.04. The molecule has 0 bridgehead atoms. The zero-order chi connectivity index (χ0) is 14.8. The molecular formula is C15H25N3OS. The van der Waals surface area contributed by atoms with E-state index in [0.717, 1.165) is 37.4 Å². The van der Waals surface area contributed by atoms with Crippen LogP contribution in [0.5, 0.6) is 0 Å². The first-order chi connectivity index (χ1) is 9.41. The minimum Gasteiger partial charge on any atom is -0.337 e. The van der Waals surface area contributed by atoms with E-state index in [1.165, 1.54) is 11.3 Å². The summed E-state index contributed by atoms with van der Waals surface area (Å²) in [5, 5.41) is 2.82. The van der Waals surface area contributed by atoms with Crippen molar-refractivity contribution in [3.63, 3.8) is 0 Å². The Labute approximate surface area is 125 Å². The van der Waals surface area contributed by atoms with Gasteiger partial charge in [0.15, 0.2) is 0 Å². The number of likely N-dealkylation sites (tertiary alicyclic amines) is 1. The average molecular weight is 295 g/mol. The lowest BCUT2D eigenvalue weighted by Crippen LogP contribution is -2.41. The molecule has 1 saturated heterocycles. The fraction of sp³-hybridized carbons (Fsp3) is 0.733. The summed E-state index contributed by atoms with van der Waals surface area (Å²) >= 11 is 1.53. The summed E-state index contributed by atoms with van der Waals surface area (Å²) < 4.78 is 0. The van der Waals surface area contributed by atoms with Crippen LogP contribution in [-0.4, -0.2) is 35.4 Å². The maximum atomic E-state index is 12.4. The van der Waals surface area contributed by atoms with Crippen molar-refractivity contribution in [3.05, 3.63) is 16.1 Å². The molecule has 0 saturated carbocycles. The summed E-state index contributed by atoms with van der Waals surface area (Å²) in [7, 11) is 0. The van der Waals surface area contributed by atoms with Gasteiger partial charge in [-0.2, -0.15) is 0 Å². The van der Waals surface area contributed by atoms with Crippen LogP contribution in [0.1, 0.15) is 49.1 Å². The molecule has 5 heteroatoms. The zero-order valence-corrected chi connectivity index (χ0v) is 13.5. The van der Waals surface area contributed by atoms with Crippen LogP contribution in [0.3, 0.4) is 0 Å². The summed E-state index contributed by atoms with van der Waals surface area (Å²) in [5.41, 5.74) is 6.44. The maximum absolute atomic E-state index is 12.4. The highest BCUT2D eigenvalue weighted by atomic mass is 32.1. The van der Waals surface area contributed by atoms with Gasteiger partial charge in [-0.3, -0.25) is 4.79 Å². The molecule has 0 spiro atoms. The van der Waals surface area contributed by atoms with Crippen molar-refractivity contribution in [2.75, 3.05) is 19.6 Å². The molecule has 2 N–H and O–H groups in total. The van der Waals surface area contributed by atoms with E-state index in [0.29, 0.717) is 23.6 Å². The number of carbonyl (C=O) groups is 1. The first kappa shape index (κ1) is 15.4. The zero-order valence-electron chi connectivity index (χ0n) is 12.7. The molecule has 1 fully saturated rings. The molecule has 4 nitrogen and oxygen atoms in total. The highest BCUT2D eigenvalue weighted by Gasteiger charge is 2.31. The second kappa shape index (κ2) is 6.22. The lowest BCUT2D eigenvalue weighted by Gasteiger charge is -2.38. The molecule has 2 heterocycles. The highest BCUT2D eigenvalue weighted by Crippen LogP contribution is 2.34. The predicted octanol–water partition coefficient (Wildman–Crippen LogP) is 2.54. The molecule has 0 radical (unpaired) electrons. The van der Waals surface area contributed by atoms with Crippen LogP contribution in [-0.2, 0) is 6.42 Å². The number of hydrogen-bond acceptors (Lipinski definition) is 4. The molecule has 2 rings (SSSR count). The van der Waals surface area contributed by atoms with Crippen LogP contribution in [0, 0.1) is 11.3 Å². The van der Waals surface area contributed by atoms with Crippen LogP contribution in [0.15, 0.2) is 5.38 Å². The van der Waals surface area contributed by atoms with E-state index in [2.05, 4.69) is 25.8 Å². The lowest BCUT2D eigenvalue weighted by atomic mass is 9.75. The Morgan fingerprint density at radius 1 is 1.45 bits per heavy atom. The molecule has 0 atom stereocenters. The molecule has 112 valence electrons. The maximum Gasteiger partial charge on any atom is 0.273 e. The second-order valence-electron chi connectivity index (χ2n) is 6.60. The lowest BCUT2D eigenvalue weighted by molar-refractivity contribution is 0.0604. The molecule has 1 aromatic heterocycles. The van der Waals surface area contributed by atoms with Gasteiger partial charge in [-0.05, 0) is 30.7 Å². The Hall–Kier alpha value is -0.940. The molecule has 1 aliphatic rings. The van der Waals surface area contributed by atoms with E-state index in [9.17, 15) is 4.79 Å². The summed E-state index contributed by atoms with van der Waals surface area (Å²) in [4.78, 5) is 18.8. The average Bonchev–Trinajstić information content (AvgIpc) is 2.86. The normalized spacial score (nSPS) is 17.5. The summed E-state index contributed by atoms with van der Waals surface area (Å²) in [6, 6.07) is 0. The van der Waals surface area contributed by atoms with Gasteiger partial charge in [0.1, 0.15) is 5.69 Å². The summed E-state index contributed by atoms with van der Waals surface area (Å²) in [6.45, 7) is 9.14. The SMILES string of the molecule is CC(C)(C)C1CCN(C(=O)c2csc(CCN)n2)CC1. The topological polar surface area (TPSA) is 59.2 Å². The number of nitrogens with zero attached hydrogens (tertiary/aromatic N) is 2. The molecule has 1 aliphatic heterocycles. The predicted molar refractivity (Wildman–Crippen MR) is 83.0 cm³/mol. The molecule has 0 aliphatic carbocycles. The van der Waals surface area contributed by atoms with Crippen LogP contribution in [0.4, 0.5) is 0 Å². The van der Waals surface area contributed by atoms with Crippen LogP contribution in [0.25, 0.3) is 0 Å². The number of piperidine rings is 1. The van der Waals surface area contributed by atoms with Gasteiger partial charge in [0.25, 0.3) is 5.91 Å². The molecule has 20 heavy (non-hydrogen) atoms. The van der Waals surface area contributed by atoms with E-state index in [1.807, 2.05) is 10.3 Å². The molecule has 0 aromatic carbocycles. The Morgan fingerprint density at radius 2 is 2.10 bits per heavy atom. The van der Waals surface area contributed by atoms with E-state index in [1.54, 1.807) is 0 Å². The van der Waals surface area contributed by atoms with E-state index < -0.39 is 0 Å². The summed E-state index contributed by atoms with van der Waals surface area (Å²) in [6.07, 6.45) is 2.94. The molecule has 0 unspecified atom stereocenters. The first-order valence-electron chi connectivity index (χ1n) is 7.35. The quantitative estimate of drug-likeness (QED) is 0.932. The summed E-state index contributed by atoms with van der Waals surface area (Å²) in [5.74, 6) is 0.784. The minimum atomic E-state index is 0.0804. The fourth-order valence-electron chi connectivity index (χ4n) is 2.76. The van der Waals surface area contributed by atoms with Crippen LogP contribution in [0.2, 0.25) is 0 Å². The first-order valence-corrected chi connectivity index (χ1v) is 8.23. The number of rotatable bonds is 3. The van der Waals surface area contributed by atoms with E-state index >= 15 is 0 Å². The largest absolute Gasteiger partial charge is 0.337 e. The van der Waals surface area contributed by atoms with Crippen molar-refractivity contribution >= 4 is 17.2 Å². The van der Waals surface area contributed by atoms with Gasteiger partial charge in [0.2, 0.25) is 0 Å². The van der Waals surface area contributed by atoms with Gasteiger partial charge < -0.3 is 10.6 Å². The van der Waals surface area contributed by atoms with Crippen molar-refractivity contribution in [2.45, 2.75) is 40.0 Å². The Balaban J connectivity index is 1.94. The number of thiazole rings is 1. The van der Waals surface area contributed by atoms with Crippen molar-refractivity contribution in [2.24, 2.45) is 17.1 Å². The number of hydrogen-bond donors (Lipinski definition) is 1. The van der Waals surface area contributed by atoms with Crippen molar-refractivity contribution < 1.29 is 4.79 Å². The van der Waals surface area contributed by atoms with E-state index in [-0.39, 0.29) is 5.91 Å². The number of nitrogens with two attached hydrogens (primary N) is 1. The highest BCUT2D eigenvalue weighted by molar-refractivity contribution is 7.09. The van der Waals surface area contributed by atoms with E-state index in [4.69, 9.17) is 5.73 Å². The third-order valence-electron chi connectivity index (χ3n) is 4.14. The Kier molecular flexibility index (Phi) is 4.81. The van der Waals surface area contributed by atoms with Crippen LogP contribution < -0.4 is 5.73 Å². The van der Waals surface area contributed by atoms with Gasteiger partial charge in [0, 0.05) is 24.9 Å². The van der Waals surface area contributed by atoms with Gasteiger partial charge in [-0.1, -0.05) is 20.8 Å². The van der Waals surface area contributed by atoms with Gasteiger partial charge in [-0.15, -0.1) is 11.3 Å². The molecule has 1 aromatic rings. The molecule has 1 amide bonds. The van der Waals surface area contributed by atoms with Crippen molar-refractivity contribution in [1.82, 2.24) is 9.88 Å². The monoisotopic (exact) mass is 295 g/mol. The molecular weight excluding hydrogens is 270 g/mol. The van der Waals surface area contributed by atoms with Crippen molar-refractivity contribution in [1.29, 1.82) is 0 Å². The van der Waals surface area contributed by atoms with Gasteiger partial charge in [-0.25, -0.2) is 4.98 Å². The van der Waals surface area contributed by atoms with Crippen LogP contribution >= 0.6 is 11.3 Å². The smallest absolute Gasteiger partial charge is 0.273 e. The number of aromatic nitrogens is 1. The Morgan fingerprint density at radius 3 is 2.65 bits per heavy atom. The van der Waals surface area contributed by atoms with Gasteiger partial charge >= 0.3 is 0 Å². The standard InChI is InChI=1S/C15H25N3OS/c1-15(2,3)11-5-8-18(9-6-11)14(19)12-10-20-13(17-12)4-7-16/h10-11H,4-9,16H2,1-3H3. The minimum absolute atomic E-state index is 0.0804. The van der Waals surface area contributed by atoms with Crippen molar-refractivity contribution in [3.8, 4) is 0 Å². The number of carbonyl (C=O) groups excluding carboxylic acids is 1. The number of amides is 1. The van der Waals surface area contributed by atoms with Gasteiger partial charge in [0.05, 0.1) is 5.01 Å². The third kappa shape index (κ3) is 3.58. The second-order valence-corrected chi connectivity index (χ2v) is 7.54.